The standard InChI is InChI=1S/C61H41NOS/c1-2-12-39(13-3-1)41-22-29-46(30-23-41)62(48-33-24-40-14-4-5-15-43(40)36-48)47-31-25-42(26-32-47)49-34-27-45-38-56-61(53-19-8-10-20-55(53)63-56)60(59(45)52-18-7-6-16-50(49)52)44-28-35-58-54(37-44)51-17-9-11-21-57(51)64-58/h1-26,28-33,35-38,49H,27,34H2. The first-order chi connectivity index (χ1) is 31.7. The molecule has 2 nitrogen and oxygen atoms in total. The van der Waals surface area contributed by atoms with Crippen molar-refractivity contribution in [2.45, 2.75) is 18.8 Å². The van der Waals surface area contributed by atoms with Gasteiger partial charge in [0.25, 0.3) is 0 Å². The molecule has 0 radical (unpaired) electrons. The average molecular weight is 836 g/mol. The first-order valence-electron chi connectivity index (χ1n) is 22.2. The Hall–Kier alpha value is -7.72. The first-order valence-corrected chi connectivity index (χ1v) is 23.1. The van der Waals surface area contributed by atoms with Gasteiger partial charge in [-0.2, -0.15) is 0 Å². The second-order valence-corrected chi connectivity index (χ2v) is 18.2. The third kappa shape index (κ3) is 6.07. The number of hydrogen-bond donors (Lipinski definition) is 0. The van der Waals surface area contributed by atoms with Crippen LogP contribution in [0.2, 0.25) is 0 Å². The summed E-state index contributed by atoms with van der Waals surface area (Å²) in [5.74, 6) is 0.205. The predicted molar refractivity (Wildman–Crippen MR) is 272 cm³/mol. The van der Waals surface area contributed by atoms with Gasteiger partial charge < -0.3 is 9.32 Å². The third-order valence-corrected chi connectivity index (χ3v) is 14.7. The van der Waals surface area contributed by atoms with E-state index in [9.17, 15) is 0 Å². The average Bonchev–Trinajstić information content (AvgIpc) is 3.87. The number of rotatable bonds is 6. The zero-order valence-electron chi connectivity index (χ0n) is 35.0. The van der Waals surface area contributed by atoms with Crippen molar-refractivity contribution < 1.29 is 4.42 Å². The molecule has 0 N–H and O–H groups in total. The molecule has 0 spiro atoms. The van der Waals surface area contributed by atoms with Gasteiger partial charge >= 0.3 is 0 Å². The SMILES string of the molecule is c1ccc(-c2ccc(N(c3ccc(C4CCc5cc6oc7ccccc7c6c(-c6ccc7sc8ccccc8c7c6)c5-c5ccccc54)cc3)c3ccc4ccccc4c3)cc2)cc1. The van der Waals surface area contributed by atoms with Gasteiger partial charge in [-0.05, 0) is 135 Å². The zero-order chi connectivity index (χ0) is 42.1. The van der Waals surface area contributed by atoms with Gasteiger partial charge in [-0.25, -0.2) is 0 Å². The van der Waals surface area contributed by atoms with Crippen LogP contribution in [0.3, 0.4) is 0 Å². The molecular formula is C61H41NOS. The van der Waals surface area contributed by atoms with E-state index in [4.69, 9.17) is 4.42 Å². The molecular weight excluding hydrogens is 795 g/mol. The minimum atomic E-state index is 0.205. The van der Waals surface area contributed by atoms with Crippen molar-refractivity contribution in [2.75, 3.05) is 4.90 Å². The molecule has 0 saturated heterocycles. The monoisotopic (exact) mass is 835 g/mol. The summed E-state index contributed by atoms with van der Waals surface area (Å²) in [5, 5.41) is 7.42. The van der Waals surface area contributed by atoms with Crippen LogP contribution in [0.15, 0.2) is 223 Å². The zero-order valence-corrected chi connectivity index (χ0v) is 35.9. The van der Waals surface area contributed by atoms with E-state index in [2.05, 4.69) is 223 Å². The van der Waals surface area contributed by atoms with Crippen molar-refractivity contribution in [3.05, 3.63) is 235 Å². The molecule has 10 aromatic carbocycles. The fourth-order valence-corrected chi connectivity index (χ4v) is 11.6. The minimum Gasteiger partial charge on any atom is -0.456 e. The second-order valence-electron chi connectivity index (χ2n) is 17.1. The van der Waals surface area contributed by atoms with E-state index in [-0.39, 0.29) is 5.92 Å². The van der Waals surface area contributed by atoms with Crippen molar-refractivity contribution >= 4 is 81.3 Å². The molecule has 0 fully saturated rings. The number of thiophene rings is 1. The molecule has 12 aromatic rings. The maximum Gasteiger partial charge on any atom is 0.136 e. The summed E-state index contributed by atoms with van der Waals surface area (Å²) in [6.45, 7) is 0. The fraction of sp³-hybridized carbons (Fsp3) is 0.0492. The van der Waals surface area contributed by atoms with Crippen LogP contribution in [0.1, 0.15) is 29.0 Å². The second kappa shape index (κ2) is 15.0. The highest BCUT2D eigenvalue weighted by Gasteiger charge is 2.29. The Bertz CT molecular complexity index is 3730. The van der Waals surface area contributed by atoms with E-state index in [0.29, 0.717) is 0 Å². The molecule has 13 rings (SSSR count). The topological polar surface area (TPSA) is 16.4 Å². The van der Waals surface area contributed by atoms with Crippen LogP contribution < -0.4 is 4.90 Å². The summed E-state index contributed by atoms with van der Waals surface area (Å²) in [5.41, 5.74) is 16.8. The predicted octanol–water partition coefficient (Wildman–Crippen LogP) is 17.7. The van der Waals surface area contributed by atoms with Crippen molar-refractivity contribution in [2.24, 2.45) is 0 Å². The molecule has 64 heavy (non-hydrogen) atoms. The summed E-state index contributed by atoms with van der Waals surface area (Å²) in [7, 11) is 0. The Labute approximate surface area is 375 Å². The smallest absolute Gasteiger partial charge is 0.136 e. The van der Waals surface area contributed by atoms with E-state index in [1.165, 1.54) is 86.4 Å². The Morgan fingerprint density at radius 3 is 1.95 bits per heavy atom. The van der Waals surface area contributed by atoms with E-state index < -0.39 is 0 Å². The number of furan rings is 1. The maximum atomic E-state index is 6.72. The van der Waals surface area contributed by atoms with E-state index in [1.54, 1.807) is 0 Å². The highest BCUT2D eigenvalue weighted by molar-refractivity contribution is 7.25. The lowest BCUT2D eigenvalue weighted by Gasteiger charge is -2.27. The number of para-hydroxylation sites is 1. The van der Waals surface area contributed by atoms with Crippen molar-refractivity contribution in [1.29, 1.82) is 0 Å². The van der Waals surface area contributed by atoms with E-state index in [0.717, 1.165) is 46.5 Å². The van der Waals surface area contributed by atoms with Crippen LogP contribution in [0.25, 0.3) is 86.3 Å². The lowest BCUT2D eigenvalue weighted by Crippen LogP contribution is -2.10. The van der Waals surface area contributed by atoms with Crippen LogP contribution in [0.5, 0.6) is 0 Å². The van der Waals surface area contributed by atoms with Gasteiger partial charge in [-0.1, -0.05) is 152 Å². The molecule has 2 aromatic heterocycles. The Kier molecular flexibility index (Phi) is 8.63. The highest BCUT2D eigenvalue weighted by Crippen LogP contribution is 2.51. The van der Waals surface area contributed by atoms with Crippen LogP contribution in [-0.2, 0) is 6.42 Å². The van der Waals surface area contributed by atoms with Gasteiger partial charge in [0.05, 0.1) is 0 Å². The number of hydrogen-bond acceptors (Lipinski definition) is 3. The molecule has 1 atom stereocenters. The quantitative estimate of drug-likeness (QED) is 0.166. The van der Waals surface area contributed by atoms with Gasteiger partial charge in [-0.15, -0.1) is 11.3 Å². The lowest BCUT2D eigenvalue weighted by molar-refractivity contribution is 0.667. The summed E-state index contributed by atoms with van der Waals surface area (Å²) in [6.07, 6.45) is 1.91. The van der Waals surface area contributed by atoms with Crippen molar-refractivity contribution in [3.8, 4) is 33.4 Å². The number of anilines is 3. The van der Waals surface area contributed by atoms with Crippen LogP contribution in [0, 0.1) is 0 Å². The highest BCUT2D eigenvalue weighted by atomic mass is 32.1. The molecule has 0 bridgehead atoms. The fourth-order valence-electron chi connectivity index (χ4n) is 10.5. The van der Waals surface area contributed by atoms with E-state index in [1.807, 2.05) is 11.3 Å². The van der Waals surface area contributed by atoms with Gasteiger partial charge in [0, 0.05) is 59.5 Å². The van der Waals surface area contributed by atoms with Gasteiger partial charge in [0.2, 0.25) is 0 Å². The number of fused-ring (bicyclic) bond motifs is 10. The molecule has 1 aliphatic carbocycles. The minimum absolute atomic E-state index is 0.205. The normalized spacial score (nSPS) is 13.7. The Morgan fingerprint density at radius 1 is 0.438 bits per heavy atom. The van der Waals surface area contributed by atoms with Gasteiger partial charge in [0.1, 0.15) is 11.2 Å². The Balaban J connectivity index is 0.945. The number of nitrogens with zero attached hydrogens (tertiary/aromatic N) is 1. The summed E-state index contributed by atoms with van der Waals surface area (Å²) in [6, 6.07) is 80.3. The summed E-state index contributed by atoms with van der Waals surface area (Å²) in [4.78, 5) is 2.39. The van der Waals surface area contributed by atoms with Crippen molar-refractivity contribution in [1.82, 2.24) is 0 Å². The third-order valence-electron chi connectivity index (χ3n) is 13.5. The molecule has 3 heteroatoms. The Morgan fingerprint density at radius 2 is 1.09 bits per heavy atom. The van der Waals surface area contributed by atoms with Crippen LogP contribution in [-0.4, -0.2) is 0 Å². The molecule has 1 unspecified atom stereocenters. The molecule has 2 heterocycles. The largest absolute Gasteiger partial charge is 0.456 e. The lowest BCUT2D eigenvalue weighted by atomic mass is 9.83. The van der Waals surface area contributed by atoms with Crippen LogP contribution in [0.4, 0.5) is 17.1 Å². The van der Waals surface area contributed by atoms with Crippen molar-refractivity contribution in [3.63, 3.8) is 0 Å². The molecule has 0 saturated carbocycles. The maximum absolute atomic E-state index is 6.72. The molecule has 0 amide bonds. The number of benzene rings is 10. The first kappa shape index (κ1) is 36.9. The molecule has 0 aliphatic heterocycles. The summed E-state index contributed by atoms with van der Waals surface area (Å²) < 4.78 is 9.36. The molecule has 302 valence electrons. The molecule has 1 aliphatic rings. The van der Waals surface area contributed by atoms with Gasteiger partial charge in [-0.3, -0.25) is 0 Å². The summed E-state index contributed by atoms with van der Waals surface area (Å²) >= 11 is 1.87. The van der Waals surface area contributed by atoms with E-state index >= 15 is 0 Å². The number of aryl methyl sites for hydroxylation is 1. The van der Waals surface area contributed by atoms with Gasteiger partial charge in [0.15, 0.2) is 0 Å². The van der Waals surface area contributed by atoms with Crippen LogP contribution >= 0.6 is 11.3 Å².